The predicted octanol–water partition coefficient (Wildman–Crippen LogP) is 2.00. The van der Waals surface area contributed by atoms with E-state index in [2.05, 4.69) is 24.9 Å². The largest absolute Gasteiger partial charge is 0.338 e. The average Bonchev–Trinajstić information content (AvgIpc) is 3.14. The van der Waals surface area contributed by atoms with Gasteiger partial charge in [-0.3, -0.25) is 14.8 Å². The van der Waals surface area contributed by atoms with Crippen LogP contribution < -0.4 is 0 Å². The van der Waals surface area contributed by atoms with Gasteiger partial charge >= 0.3 is 0 Å². The quantitative estimate of drug-likeness (QED) is 0.707. The van der Waals surface area contributed by atoms with Gasteiger partial charge in [-0.25, -0.2) is 15.0 Å². The van der Waals surface area contributed by atoms with Crippen molar-refractivity contribution >= 4 is 5.91 Å². The molecule has 8 heteroatoms. The maximum absolute atomic E-state index is 13.0. The Morgan fingerprint density at radius 3 is 2.78 bits per heavy atom. The molecule has 0 unspecified atom stereocenters. The van der Waals surface area contributed by atoms with E-state index in [-0.39, 0.29) is 11.8 Å². The summed E-state index contributed by atoms with van der Waals surface area (Å²) < 4.78 is 1.93. The molecule has 1 atom stereocenters. The molecule has 4 heterocycles. The van der Waals surface area contributed by atoms with E-state index >= 15 is 0 Å². The minimum absolute atomic E-state index is 0.0243. The summed E-state index contributed by atoms with van der Waals surface area (Å²) in [7, 11) is 1.94. The molecule has 27 heavy (non-hydrogen) atoms. The summed E-state index contributed by atoms with van der Waals surface area (Å²) >= 11 is 0. The van der Waals surface area contributed by atoms with E-state index in [9.17, 15) is 4.79 Å². The van der Waals surface area contributed by atoms with Crippen LogP contribution in [0.25, 0.3) is 11.4 Å². The van der Waals surface area contributed by atoms with Crippen molar-refractivity contribution in [3.8, 4) is 11.4 Å². The van der Waals surface area contributed by atoms with Crippen molar-refractivity contribution in [3.63, 3.8) is 0 Å². The number of aromatic nitrogens is 6. The Kier molecular flexibility index (Phi) is 4.62. The van der Waals surface area contributed by atoms with Crippen molar-refractivity contribution in [2.45, 2.75) is 25.7 Å². The highest BCUT2D eigenvalue weighted by atomic mass is 16.2. The Bertz CT molecular complexity index is 968. The molecule has 1 aliphatic rings. The van der Waals surface area contributed by atoms with Crippen LogP contribution in [0.4, 0.5) is 0 Å². The fraction of sp³-hybridized carbons (Fsp3) is 0.368. The van der Waals surface area contributed by atoms with Crippen LogP contribution in [-0.4, -0.2) is 53.4 Å². The van der Waals surface area contributed by atoms with E-state index in [1.807, 2.05) is 23.4 Å². The molecule has 1 saturated heterocycles. The number of carbonyl (C=O) groups is 1. The second-order valence-corrected chi connectivity index (χ2v) is 6.79. The lowest BCUT2D eigenvalue weighted by Crippen LogP contribution is -2.40. The first-order chi connectivity index (χ1) is 13.1. The van der Waals surface area contributed by atoms with Gasteiger partial charge in [0.1, 0.15) is 12.0 Å². The van der Waals surface area contributed by atoms with Gasteiger partial charge in [0.15, 0.2) is 0 Å². The first-order valence-corrected chi connectivity index (χ1v) is 8.98. The third-order valence-electron chi connectivity index (χ3n) is 5.02. The average molecular weight is 363 g/mol. The zero-order valence-corrected chi connectivity index (χ0v) is 15.4. The van der Waals surface area contributed by atoms with Crippen LogP contribution in [0.3, 0.4) is 0 Å². The summed E-state index contributed by atoms with van der Waals surface area (Å²) in [6.07, 6.45) is 11.9. The highest BCUT2D eigenvalue weighted by molar-refractivity contribution is 5.95. The number of likely N-dealkylation sites (tertiary alicyclic amines) is 1. The standard InChI is InChI=1S/C19H21N7O/c1-13-15(8-20-11-24-13)19(27)26-7-3-4-14(10-26)17-18(23-6-5-22-17)16-9-21-12-25(16)2/h5-6,8-9,11-12,14H,3-4,7,10H2,1-2H3/t14-/m1/s1. The number of piperidine rings is 1. The second kappa shape index (κ2) is 7.22. The van der Waals surface area contributed by atoms with Gasteiger partial charge in [0, 0.05) is 44.6 Å². The first-order valence-electron chi connectivity index (χ1n) is 8.98. The highest BCUT2D eigenvalue weighted by Gasteiger charge is 2.29. The molecule has 1 fully saturated rings. The summed E-state index contributed by atoms with van der Waals surface area (Å²) in [5, 5.41) is 0. The Labute approximate surface area is 157 Å². The Balaban J connectivity index is 1.62. The normalized spacial score (nSPS) is 17.1. The van der Waals surface area contributed by atoms with E-state index < -0.39 is 0 Å². The van der Waals surface area contributed by atoms with Crippen LogP contribution in [-0.2, 0) is 7.05 Å². The Morgan fingerprint density at radius 2 is 2.00 bits per heavy atom. The van der Waals surface area contributed by atoms with Gasteiger partial charge < -0.3 is 9.47 Å². The monoisotopic (exact) mass is 363 g/mol. The van der Waals surface area contributed by atoms with Crippen molar-refractivity contribution in [1.29, 1.82) is 0 Å². The molecule has 1 amide bonds. The fourth-order valence-electron chi connectivity index (χ4n) is 3.59. The number of nitrogens with zero attached hydrogens (tertiary/aromatic N) is 7. The predicted molar refractivity (Wildman–Crippen MR) is 98.9 cm³/mol. The lowest BCUT2D eigenvalue weighted by atomic mass is 9.92. The van der Waals surface area contributed by atoms with E-state index in [0.717, 1.165) is 36.5 Å². The van der Waals surface area contributed by atoms with E-state index in [0.29, 0.717) is 17.8 Å². The maximum Gasteiger partial charge on any atom is 0.257 e. The topological polar surface area (TPSA) is 89.7 Å². The highest BCUT2D eigenvalue weighted by Crippen LogP contribution is 2.32. The van der Waals surface area contributed by atoms with Gasteiger partial charge in [0.2, 0.25) is 0 Å². The minimum atomic E-state index is -0.0243. The van der Waals surface area contributed by atoms with Crippen LogP contribution in [0.2, 0.25) is 0 Å². The van der Waals surface area contributed by atoms with E-state index in [4.69, 9.17) is 0 Å². The number of hydrogen-bond acceptors (Lipinski definition) is 6. The molecular weight excluding hydrogens is 342 g/mol. The van der Waals surface area contributed by atoms with Crippen LogP contribution in [0.15, 0.2) is 37.4 Å². The van der Waals surface area contributed by atoms with Gasteiger partial charge in [0.25, 0.3) is 5.91 Å². The molecule has 1 aliphatic heterocycles. The molecule has 0 bridgehead atoms. The van der Waals surface area contributed by atoms with Gasteiger partial charge in [-0.2, -0.15) is 0 Å². The number of amides is 1. The molecule has 8 nitrogen and oxygen atoms in total. The maximum atomic E-state index is 13.0. The van der Waals surface area contributed by atoms with Crippen LogP contribution in [0.5, 0.6) is 0 Å². The Hall–Kier alpha value is -3.16. The molecule has 0 aromatic carbocycles. The number of imidazole rings is 1. The molecule has 0 aliphatic carbocycles. The van der Waals surface area contributed by atoms with E-state index in [1.165, 1.54) is 6.33 Å². The first kappa shape index (κ1) is 17.3. The summed E-state index contributed by atoms with van der Waals surface area (Å²) in [6, 6.07) is 0. The molecular formula is C19H21N7O. The lowest BCUT2D eigenvalue weighted by Gasteiger charge is -2.33. The van der Waals surface area contributed by atoms with Crippen molar-refractivity contribution in [2.75, 3.05) is 13.1 Å². The molecule has 0 N–H and O–H groups in total. The SMILES string of the molecule is Cc1ncncc1C(=O)N1CCC[C@@H](c2nccnc2-c2cncn2C)C1. The van der Waals surface area contributed by atoms with E-state index in [1.54, 1.807) is 31.1 Å². The molecule has 138 valence electrons. The molecule has 0 spiro atoms. The smallest absolute Gasteiger partial charge is 0.257 e. The van der Waals surface area contributed by atoms with Crippen LogP contribution in [0.1, 0.15) is 40.5 Å². The zero-order chi connectivity index (χ0) is 18.8. The van der Waals surface area contributed by atoms with Crippen molar-refractivity contribution < 1.29 is 4.79 Å². The van der Waals surface area contributed by atoms with Crippen molar-refractivity contribution in [1.82, 2.24) is 34.4 Å². The summed E-state index contributed by atoms with van der Waals surface area (Å²) in [5.41, 5.74) is 3.93. The van der Waals surface area contributed by atoms with Gasteiger partial charge in [-0.05, 0) is 19.8 Å². The van der Waals surface area contributed by atoms with Crippen molar-refractivity contribution in [2.24, 2.45) is 7.05 Å². The fourth-order valence-corrected chi connectivity index (χ4v) is 3.59. The summed E-state index contributed by atoms with van der Waals surface area (Å²) in [5.74, 6) is 0.106. The molecule has 4 rings (SSSR count). The number of aryl methyl sites for hydroxylation is 2. The van der Waals surface area contributed by atoms with Crippen LogP contribution in [0, 0.1) is 6.92 Å². The lowest BCUT2D eigenvalue weighted by molar-refractivity contribution is 0.0704. The second-order valence-electron chi connectivity index (χ2n) is 6.79. The number of carbonyl (C=O) groups excluding carboxylic acids is 1. The zero-order valence-electron chi connectivity index (χ0n) is 15.4. The van der Waals surface area contributed by atoms with Gasteiger partial charge in [-0.15, -0.1) is 0 Å². The van der Waals surface area contributed by atoms with Crippen LogP contribution >= 0.6 is 0 Å². The van der Waals surface area contributed by atoms with Gasteiger partial charge in [0.05, 0.1) is 35.2 Å². The summed E-state index contributed by atoms with van der Waals surface area (Å²) in [6.45, 7) is 3.17. The molecule has 0 radical (unpaired) electrons. The molecule has 0 saturated carbocycles. The third-order valence-corrected chi connectivity index (χ3v) is 5.02. The van der Waals surface area contributed by atoms with Crippen molar-refractivity contribution in [3.05, 3.63) is 54.4 Å². The van der Waals surface area contributed by atoms with Gasteiger partial charge in [-0.1, -0.05) is 0 Å². The number of rotatable bonds is 3. The molecule has 3 aromatic rings. The third kappa shape index (κ3) is 3.30. The minimum Gasteiger partial charge on any atom is -0.338 e. The number of hydrogen-bond donors (Lipinski definition) is 0. The Morgan fingerprint density at radius 1 is 1.15 bits per heavy atom. The molecule has 3 aromatic heterocycles. The summed E-state index contributed by atoms with van der Waals surface area (Å²) in [4.78, 5) is 36.3.